The van der Waals surface area contributed by atoms with Crippen LogP contribution < -0.4 is 0 Å². The first-order valence-electron chi connectivity index (χ1n) is 3.60. The topological polar surface area (TPSA) is 0 Å². The molecule has 0 amide bonds. The monoisotopic (exact) mass is 162 g/mol. The Morgan fingerprint density at radius 3 is 2.00 bits per heavy atom. The second-order valence-corrected chi connectivity index (χ2v) is 11.1. The molecule has 0 heterocycles. The van der Waals surface area contributed by atoms with Crippen molar-refractivity contribution in [2.75, 3.05) is 0 Å². The van der Waals surface area contributed by atoms with E-state index in [2.05, 4.69) is 20.0 Å². The Kier molecular flexibility index (Phi) is 1.69. The van der Waals surface area contributed by atoms with Crippen LogP contribution in [-0.4, -0.2) is 7.38 Å². The molecule has 0 aromatic rings. The molecule has 0 nitrogen and oxygen atoms in total. The zero-order valence-electron chi connectivity index (χ0n) is 6.50. The predicted molar refractivity (Wildman–Crippen MR) is 45.5 cm³/mol. The number of rotatable bonds is 2. The highest BCUT2D eigenvalue weighted by Gasteiger charge is 2.41. The Balaban J connectivity index is 2.33. The average molecular weight is 163 g/mol. The van der Waals surface area contributed by atoms with Gasteiger partial charge < -0.3 is 0 Å². The van der Waals surface area contributed by atoms with Gasteiger partial charge in [0.05, 0.1) is 0 Å². The normalized spacial score (nSPS) is 24.0. The number of hydrogen-bond acceptors (Lipinski definition) is 0. The summed E-state index contributed by atoms with van der Waals surface area (Å²) in [6.07, 6.45) is 2.83. The molecule has 0 unspecified atom stereocenters. The molecule has 54 valence electrons. The second-order valence-electron chi connectivity index (χ2n) is 4.21. The lowest BCUT2D eigenvalue weighted by atomic mass is 10.2. The Morgan fingerprint density at radius 1 is 1.44 bits per heavy atom. The van der Waals surface area contributed by atoms with E-state index in [1.807, 2.05) is 0 Å². The molecule has 0 atom stereocenters. The van der Waals surface area contributed by atoms with Crippen LogP contribution in [0, 0.1) is 5.41 Å². The average Bonchev–Trinajstić information content (AvgIpc) is 2.12. The van der Waals surface area contributed by atoms with E-state index in [1.165, 1.54) is 18.9 Å². The summed E-state index contributed by atoms with van der Waals surface area (Å²) in [4.78, 5) is 0. The van der Waals surface area contributed by atoms with Gasteiger partial charge in [-0.2, -0.15) is 11.1 Å². The van der Waals surface area contributed by atoms with Gasteiger partial charge in [0, 0.05) is 0 Å². The van der Waals surface area contributed by atoms with Gasteiger partial charge in [-0.1, -0.05) is 20.0 Å². The summed E-state index contributed by atoms with van der Waals surface area (Å²) in [7, 11) is -1.26. The molecular weight excluding hydrogens is 148 g/mol. The third-order valence-electron chi connectivity index (χ3n) is 1.95. The molecule has 0 aliphatic heterocycles. The Hall–Kier alpha value is 0.507. The Morgan fingerprint density at radius 2 is 1.89 bits per heavy atom. The second kappa shape index (κ2) is 1.99. The zero-order chi connectivity index (χ0) is 7.12. The molecule has 0 saturated heterocycles. The van der Waals surface area contributed by atoms with Crippen LogP contribution >= 0.6 is 11.1 Å². The van der Waals surface area contributed by atoms with Crippen molar-refractivity contribution in [1.29, 1.82) is 0 Å². The highest BCUT2D eigenvalue weighted by atomic mass is 35.6. The standard InChI is InChI=1S/C7H15ClSi/c1-7(4-5-7)6-9(2,3)8/h4-6H2,1-3H3. The van der Waals surface area contributed by atoms with E-state index < -0.39 is 7.38 Å². The van der Waals surface area contributed by atoms with Gasteiger partial charge in [0.25, 0.3) is 0 Å². The van der Waals surface area contributed by atoms with Crippen molar-refractivity contribution in [2.24, 2.45) is 5.41 Å². The van der Waals surface area contributed by atoms with E-state index >= 15 is 0 Å². The van der Waals surface area contributed by atoms with Gasteiger partial charge in [0.1, 0.15) is 0 Å². The smallest absolute Gasteiger partial charge is 0.151 e. The summed E-state index contributed by atoms with van der Waals surface area (Å²) >= 11 is 6.20. The minimum absolute atomic E-state index is 0.664. The summed E-state index contributed by atoms with van der Waals surface area (Å²) in [6, 6.07) is 1.31. The third kappa shape index (κ3) is 2.72. The molecule has 0 bridgehead atoms. The third-order valence-corrected chi connectivity index (χ3v) is 4.05. The first-order chi connectivity index (χ1) is 3.91. The predicted octanol–water partition coefficient (Wildman–Crippen LogP) is 3.23. The summed E-state index contributed by atoms with van der Waals surface area (Å²) in [5, 5.41) is 0. The van der Waals surface area contributed by atoms with Crippen molar-refractivity contribution in [3.05, 3.63) is 0 Å². The van der Waals surface area contributed by atoms with Gasteiger partial charge in [-0.3, -0.25) is 0 Å². The molecule has 1 aliphatic rings. The molecular formula is C7H15ClSi. The van der Waals surface area contributed by atoms with Gasteiger partial charge >= 0.3 is 0 Å². The van der Waals surface area contributed by atoms with Crippen molar-refractivity contribution in [3.8, 4) is 0 Å². The highest BCUT2D eigenvalue weighted by molar-refractivity contribution is 7.19. The van der Waals surface area contributed by atoms with Gasteiger partial charge in [-0.05, 0) is 24.3 Å². The SMILES string of the molecule is CC1(C[Si](C)(C)Cl)CC1. The lowest BCUT2D eigenvalue weighted by Crippen LogP contribution is -2.20. The van der Waals surface area contributed by atoms with Crippen LogP contribution in [0.15, 0.2) is 0 Å². The molecule has 1 rings (SSSR count). The van der Waals surface area contributed by atoms with Crippen molar-refractivity contribution < 1.29 is 0 Å². The molecule has 2 heteroatoms. The lowest BCUT2D eigenvalue weighted by molar-refractivity contribution is 0.642. The van der Waals surface area contributed by atoms with E-state index in [1.54, 1.807) is 0 Å². The lowest BCUT2D eigenvalue weighted by Gasteiger charge is -2.17. The fraction of sp³-hybridized carbons (Fsp3) is 1.00. The molecule has 9 heavy (non-hydrogen) atoms. The summed E-state index contributed by atoms with van der Waals surface area (Å²) < 4.78 is 0. The van der Waals surface area contributed by atoms with Crippen molar-refractivity contribution >= 4 is 18.5 Å². The van der Waals surface area contributed by atoms with E-state index in [0.717, 1.165) is 0 Å². The summed E-state index contributed by atoms with van der Waals surface area (Å²) in [5.41, 5.74) is 0.664. The van der Waals surface area contributed by atoms with Gasteiger partial charge in [-0.15, -0.1) is 0 Å². The van der Waals surface area contributed by atoms with Crippen LogP contribution in [0.25, 0.3) is 0 Å². The Bertz CT molecular complexity index is 107. The van der Waals surface area contributed by atoms with Crippen LogP contribution in [0.3, 0.4) is 0 Å². The maximum Gasteiger partial charge on any atom is 0.151 e. The highest BCUT2D eigenvalue weighted by Crippen LogP contribution is 2.51. The molecule has 0 radical (unpaired) electrons. The van der Waals surface area contributed by atoms with Crippen molar-refractivity contribution in [1.82, 2.24) is 0 Å². The van der Waals surface area contributed by atoms with Crippen LogP contribution in [0.5, 0.6) is 0 Å². The van der Waals surface area contributed by atoms with Crippen LogP contribution in [0.4, 0.5) is 0 Å². The van der Waals surface area contributed by atoms with E-state index in [-0.39, 0.29) is 0 Å². The molecule has 0 aromatic carbocycles. The quantitative estimate of drug-likeness (QED) is 0.432. The molecule has 1 aliphatic carbocycles. The first kappa shape index (κ1) is 7.61. The van der Waals surface area contributed by atoms with E-state index in [4.69, 9.17) is 11.1 Å². The molecule has 1 saturated carbocycles. The minimum atomic E-state index is -1.26. The van der Waals surface area contributed by atoms with E-state index in [9.17, 15) is 0 Å². The summed E-state index contributed by atoms with van der Waals surface area (Å²) in [5.74, 6) is 0. The van der Waals surface area contributed by atoms with E-state index in [0.29, 0.717) is 5.41 Å². The zero-order valence-corrected chi connectivity index (χ0v) is 8.26. The Labute approximate surface area is 63.3 Å². The van der Waals surface area contributed by atoms with Gasteiger partial charge in [-0.25, -0.2) is 0 Å². The van der Waals surface area contributed by atoms with Crippen LogP contribution in [0.1, 0.15) is 19.8 Å². The van der Waals surface area contributed by atoms with Crippen LogP contribution in [-0.2, 0) is 0 Å². The van der Waals surface area contributed by atoms with Crippen molar-refractivity contribution in [2.45, 2.75) is 38.9 Å². The summed E-state index contributed by atoms with van der Waals surface area (Å²) in [6.45, 7) is 6.82. The molecule has 1 fully saturated rings. The van der Waals surface area contributed by atoms with Crippen molar-refractivity contribution in [3.63, 3.8) is 0 Å². The first-order valence-corrected chi connectivity index (χ1v) is 7.82. The van der Waals surface area contributed by atoms with Gasteiger partial charge in [0.2, 0.25) is 0 Å². The molecule has 0 aromatic heterocycles. The fourth-order valence-electron chi connectivity index (χ4n) is 1.41. The fourth-order valence-corrected chi connectivity index (χ4v) is 4.76. The largest absolute Gasteiger partial charge is 0.168 e. The maximum atomic E-state index is 6.20. The minimum Gasteiger partial charge on any atom is -0.168 e. The maximum absolute atomic E-state index is 6.20. The molecule has 0 spiro atoms. The number of halogens is 1. The number of hydrogen-bond donors (Lipinski definition) is 0. The molecule has 0 N–H and O–H groups in total. The van der Waals surface area contributed by atoms with Crippen LogP contribution in [0.2, 0.25) is 19.1 Å². The van der Waals surface area contributed by atoms with Gasteiger partial charge in [0.15, 0.2) is 7.38 Å².